The van der Waals surface area contributed by atoms with Crippen LogP contribution >= 0.6 is 11.8 Å². The van der Waals surface area contributed by atoms with Gasteiger partial charge in [-0.25, -0.2) is 8.42 Å². The van der Waals surface area contributed by atoms with Gasteiger partial charge in [0.15, 0.2) is 11.5 Å². The van der Waals surface area contributed by atoms with Gasteiger partial charge >= 0.3 is 0 Å². The Hall–Kier alpha value is -3.17. The zero-order chi connectivity index (χ0) is 25.0. The summed E-state index contributed by atoms with van der Waals surface area (Å²) in [7, 11) is -3.97. The minimum absolute atomic E-state index is 0.128. The summed E-state index contributed by atoms with van der Waals surface area (Å²) in [6.07, 6.45) is 1.93. The van der Waals surface area contributed by atoms with Crippen LogP contribution in [0.4, 0.5) is 5.69 Å². The number of aryl methyl sites for hydroxylation is 1. The van der Waals surface area contributed by atoms with E-state index in [9.17, 15) is 13.2 Å². The fourth-order valence-electron chi connectivity index (χ4n) is 3.73. The van der Waals surface area contributed by atoms with Gasteiger partial charge < -0.3 is 14.8 Å². The largest absolute Gasteiger partial charge is 0.486 e. The normalized spacial score (nSPS) is 13.7. The number of anilines is 1. The second-order valence-electron chi connectivity index (χ2n) is 8.22. The number of nitrogens with zero attached hydrogens (tertiary/aromatic N) is 1. The molecule has 0 aliphatic carbocycles. The van der Waals surface area contributed by atoms with E-state index >= 15 is 0 Å². The molecule has 1 aliphatic rings. The van der Waals surface area contributed by atoms with Crippen molar-refractivity contribution < 1.29 is 22.7 Å². The molecule has 3 aromatic carbocycles. The standard InChI is InChI=1S/C26H28N2O5S2/c1-18-4-7-21(8-5-18)28(35(30,31)23-11-9-22(34-3)10-12-23)17-26(29)27-19(2)20-6-13-24-25(16-20)33-15-14-32-24/h4-13,16,19H,14-15,17H2,1-3H3,(H,27,29)/t19-/m0/s1. The van der Waals surface area contributed by atoms with Crippen molar-refractivity contribution in [3.63, 3.8) is 0 Å². The molecule has 184 valence electrons. The lowest BCUT2D eigenvalue weighted by molar-refractivity contribution is -0.120. The maximum absolute atomic E-state index is 13.6. The molecule has 1 heterocycles. The number of thioether (sulfide) groups is 1. The van der Waals surface area contributed by atoms with Crippen LogP contribution < -0.4 is 19.1 Å². The SMILES string of the molecule is CSc1ccc(S(=O)(=O)N(CC(=O)N[C@@H](C)c2ccc3c(c2)OCCO3)c2ccc(C)cc2)cc1. The first-order chi connectivity index (χ1) is 16.8. The maximum atomic E-state index is 13.6. The van der Waals surface area contributed by atoms with Crippen LogP contribution in [0.25, 0.3) is 0 Å². The number of carbonyl (C=O) groups excluding carboxylic acids is 1. The molecule has 0 spiro atoms. The summed E-state index contributed by atoms with van der Waals surface area (Å²) in [5.41, 5.74) is 2.25. The molecule has 7 nitrogen and oxygen atoms in total. The summed E-state index contributed by atoms with van der Waals surface area (Å²) in [4.78, 5) is 14.2. The van der Waals surface area contributed by atoms with Crippen molar-refractivity contribution in [3.8, 4) is 11.5 Å². The third-order valence-corrected chi connectivity index (χ3v) is 8.23. The molecule has 0 radical (unpaired) electrons. The number of sulfonamides is 1. The van der Waals surface area contributed by atoms with E-state index in [2.05, 4.69) is 5.32 Å². The lowest BCUT2D eigenvalue weighted by atomic mass is 10.1. The number of ether oxygens (including phenoxy) is 2. The zero-order valence-corrected chi connectivity index (χ0v) is 21.5. The van der Waals surface area contributed by atoms with Crippen molar-refractivity contribution in [3.05, 3.63) is 77.9 Å². The van der Waals surface area contributed by atoms with Crippen molar-refractivity contribution in [2.75, 3.05) is 30.3 Å². The van der Waals surface area contributed by atoms with Gasteiger partial charge in [0.05, 0.1) is 16.6 Å². The Bertz CT molecular complexity index is 1290. The van der Waals surface area contributed by atoms with E-state index in [-0.39, 0.29) is 17.5 Å². The van der Waals surface area contributed by atoms with E-state index in [1.165, 1.54) is 11.8 Å². The molecule has 1 aliphatic heterocycles. The van der Waals surface area contributed by atoms with Gasteiger partial charge in [0.2, 0.25) is 5.91 Å². The summed E-state index contributed by atoms with van der Waals surface area (Å²) >= 11 is 1.53. The topological polar surface area (TPSA) is 84.9 Å². The van der Waals surface area contributed by atoms with Crippen LogP contribution in [0.15, 0.2) is 76.5 Å². The molecule has 0 saturated carbocycles. The van der Waals surface area contributed by atoms with E-state index in [1.807, 2.05) is 50.4 Å². The van der Waals surface area contributed by atoms with Crippen molar-refractivity contribution >= 4 is 33.4 Å². The van der Waals surface area contributed by atoms with Crippen LogP contribution in [0.3, 0.4) is 0 Å². The molecule has 0 bridgehead atoms. The van der Waals surface area contributed by atoms with E-state index in [1.54, 1.807) is 36.4 Å². The molecule has 1 N–H and O–H groups in total. The van der Waals surface area contributed by atoms with Gasteiger partial charge in [0.25, 0.3) is 10.0 Å². The molecule has 3 aromatic rings. The van der Waals surface area contributed by atoms with E-state index < -0.39 is 15.9 Å². The van der Waals surface area contributed by atoms with E-state index in [0.29, 0.717) is 30.4 Å². The molecule has 35 heavy (non-hydrogen) atoms. The van der Waals surface area contributed by atoms with Crippen molar-refractivity contribution in [1.82, 2.24) is 5.32 Å². The lowest BCUT2D eigenvalue weighted by Gasteiger charge is -2.26. The minimum atomic E-state index is -3.97. The lowest BCUT2D eigenvalue weighted by Crippen LogP contribution is -2.41. The Balaban J connectivity index is 1.56. The van der Waals surface area contributed by atoms with Crippen LogP contribution in [0, 0.1) is 6.92 Å². The third-order valence-electron chi connectivity index (χ3n) is 5.70. The Morgan fingerprint density at radius 2 is 1.66 bits per heavy atom. The molecular formula is C26H28N2O5S2. The van der Waals surface area contributed by atoms with Gasteiger partial charge in [-0.05, 0) is 74.2 Å². The van der Waals surface area contributed by atoms with Crippen LogP contribution in [-0.2, 0) is 14.8 Å². The summed E-state index contributed by atoms with van der Waals surface area (Å²) in [6.45, 7) is 4.38. The number of benzene rings is 3. The average molecular weight is 513 g/mol. The first-order valence-corrected chi connectivity index (χ1v) is 13.9. The van der Waals surface area contributed by atoms with Crippen molar-refractivity contribution in [2.45, 2.75) is 29.7 Å². The van der Waals surface area contributed by atoms with Crippen LogP contribution in [-0.4, -0.2) is 40.3 Å². The highest BCUT2D eigenvalue weighted by molar-refractivity contribution is 7.98. The van der Waals surface area contributed by atoms with Crippen molar-refractivity contribution in [1.29, 1.82) is 0 Å². The number of amides is 1. The van der Waals surface area contributed by atoms with Gasteiger partial charge in [0.1, 0.15) is 19.8 Å². The minimum Gasteiger partial charge on any atom is -0.486 e. The van der Waals surface area contributed by atoms with E-state index in [4.69, 9.17) is 9.47 Å². The number of fused-ring (bicyclic) bond motifs is 1. The highest BCUT2D eigenvalue weighted by atomic mass is 32.2. The molecule has 0 fully saturated rings. The second-order valence-corrected chi connectivity index (χ2v) is 11.0. The molecule has 0 aromatic heterocycles. The molecular weight excluding hydrogens is 484 g/mol. The monoisotopic (exact) mass is 512 g/mol. The number of rotatable bonds is 8. The second kappa shape index (κ2) is 10.6. The molecule has 9 heteroatoms. The summed E-state index contributed by atoms with van der Waals surface area (Å²) in [6, 6.07) is 18.9. The zero-order valence-electron chi connectivity index (χ0n) is 19.9. The highest BCUT2D eigenvalue weighted by Gasteiger charge is 2.28. The van der Waals surface area contributed by atoms with E-state index in [0.717, 1.165) is 20.3 Å². The number of hydrogen-bond donors (Lipinski definition) is 1. The molecule has 1 atom stereocenters. The Kier molecular flexibility index (Phi) is 7.57. The first-order valence-electron chi connectivity index (χ1n) is 11.2. The molecule has 4 rings (SSSR count). The third kappa shape index (κ3) is 5.74. The number of nitrogens with one attached hydrogen (secondary N) is 1. The average Bonchev–Trinajstić information content (AvgIpc) is 2.87. The van der Waals surface area contributed by atoms with Crippen molar-refractivity contribution in [2.24, 2.45) is 0 Å². The van der Waals surface area contributed by atoms with Gasteiger partial charge in [0, 0.05) is 4.90 Å². The summed E-state index contributed by atoms with van der Waals surface area (Å²) in [5, 5.41) is 2.91. The maximum Gasteiger partial charge on any atom is 0.264 e. The van der Waals surface area contributed by atoms with Crippen LogP contribution in [0.1, 0.15) is 24.1 Å². The summed E-state index contributed by atoms with van der Waals surface area (Å²) < 4.78 is 39.5. The highest BCUT2D eigenvalue weighted by Crippen LogP contribution is 2.32. The fraction of sp³-hybridized carbons (Fsp3) is 0.269. The quantitative estimate of drug-likeness (QED) is 0.446. The van der Waals surface area contributed by atoms with Gasteiger partial charge in [-0.2, -0.15) is 0 Å². The van der Waals surface area contributed by atoms with Crippen LogP contribution in [0.5, 0.6) is 11.5 Å². The predicted octanol–water partition coefficient (Wildman–Crippen LogP) is 4.56. The predicted molar refractivity (Wildman–Crippen MR) is 138 cm³/mol. The summed E-state index contributed by atoms with van der Waals surface area (Å²) in [5.74, 6) is 0.882. The molecule has 0 unspecified atom stereocenters. The van der Waals surface area contributed by atoms with Gasteiger partial charge in [-0.3, -0.25) is 9.10 Å². The van der Waals surface area contributed by atoms with Crippen LogP contribution in [0.2, 0.25) is 0 Å². The fourth-order valence-corrected chi connectivity index (χ4v) is 5.56. The van der Waals surface area contributed by atoms with Gasteiger partial charge in [-0.15, -0.1) is 11.8 Å². The Morgan fingerprint density at radius 3 is 2.31 bits per heavy atom. The first kappa shape index (κ1) is 24.9. The molecule has 1 amide bonds. The Labute approximate surface area is 210 Å². The van der Waals surface area contributed by atoms with Gasteiger partial charge in [-0.1, -0.05) is 23.8 Å². The number of hydrogen-bond acceptors (Lipinski definition) is 6. The smallest absolute Gasteiger partial charge is 0.264 e. The number of carbonyl (C=O) groups is 1. The Morgan fingerprint density at radius 1 is 1.00 bits per heavy atom. The molecule has 0 saturated heterocycles.